The van der Waals surface area contributed by atoms with Gasteiger partial charge in [-0.2, -0.15) is 4.31 Å². The molecular weight excluding hydrogens is 370 g/mol. The second-order valence-corrected chi connectivity index (χ2v) is 8.59. The molecule has 3 heterocycles. The van der Waals surface area contributed by atoms with E-state index in [0.717, 1.165) is 15.6 Å². The number of methoxy groups -OCH3 is 1. The Balaban J connectivity index is 1.90. The summed E-state index contributed by atoms with van der Waals surface area (Å²) < 4.78 is 31.6. The van der Waals surface area contributed by atoms with Crippen LogP contribution < -0.4 is 0 Å². The number of carbonyl (C=O) groups is 3. The van der Waals surface area contributed by atoms with Gasteiger partial charge in [-0.05, 0) is 11.4 Å². The minimum atomic E-state index is -3.98. The Bertz CT molecular complexity index is 833. The highest BCUT2D eigenvalue weighted by Gasteiger charge is 2.44. The number of hydrogen-bond donors (Lipinski definition) is 0. The average molecular weight is 387 g/mol. The number of likely N-dealkylation sites (N-methyl/N-ethyl adjacent to an activating group) is 1. The summed E-state index contributed by atoms with van der Waals surface area (Å²) in [5.74, 6) is -1.22. The zero-order valence-electron chi connectivity index (χ0n) is 13.7. The van der Waals surface area contributed by atoms with E-state index in [1.54, 1.807) is 0 Å². The molecule has 0 radical (unpaired) electrons. The summed E-state index contributed by atoms with van der Waals surface area (Å²) in [6, 6.07) is 0.508. The Hall–Kier alpha value is -1.98. The summed E-state index contributed by atoms with van der Waals surface area (Å²) in [6.07, 6.45) is 0. The summed E-state index contributed by atoms with van der Waals surface area (Å²) in [6.45, 7) is 0.0742. The van der Waals surface area contributed by atoms with Gasteiger partial charge in [0.25, 0.3) is 0 Å². The quantitative estimate of drug-likeness (QED) is 0.630. The predicted molar refractivity (Wildman–Crippen MR) is 87.6 cm³/mol. The van der Waals surface area contributed by atoms with Gasteiger partial charge in [0.1, 0.15) is 15.8 Å². The third-order valence-electron chi connectivity index (χ3n) is 4.31. The number of hydrogen-bond acceptors (Lipinski definition) is 7. The summed E-state index contributed by atoms with van der Waals surface area (Å²) in [5, 5.41) is 1.50. The van der Waals surface area contributed by atoms with Gasteiger partial charge in [0.15, 0.2) is 0 Å². The zero-order valence-corrected chi connectivity index (χ0v) is 15.3. The van der Waals surface area contributed by atoms with Crippen LogP contribution >= 0.6 is 11.3 Å². The van der Waals surface area contributed by atoms with Crippen molar-refractivity contribution in [3.63, 3.8) is 0 Å². The van der Waals surface area contributed by atoms with Crippen LogP contribution in [0.1, 0.15) is 9.67 Å². The van der Waals surface area contributed by atoms with Crippen molar-refractivity contribution < 1.29 is 27.5 Å². The third kappa shape index (κ3) is 2.92. The van der Waals surface area contributed by atoms with Crippen LogP contribution in [-0.4, -0.2) is 86.7 Å². The smallest absolute Gasteiger partial charge is 0.349 e. The molecule has 0 saturated carbocycles. The third-order valence-corrected chi connectivity index (χ3v) is 7.25. The number of carbonyl (C=O) groups excluding carboxylic acids is 3. The fourth-order valence-corrected chi connectivity index (χ4v) is 5.74. The van der Waals surface area contributed by atoms with Crippen LogP contribution in [0.15, 0.2) is 16.3 Å². The molecule has 2 amide bonds. The SMILES string of the molecule is COC(=O)c1sccc1S(=O)(=O)N1CCN2C(=O)CN(C)C(=O)C2C1. The van der Waals surface area contributed by atoms with Crippen molar-refractivity contribution in [3.05, 3.63) is 16.3 Å². The van der Waals surface area contributed by atoms with Crippen LogP contribution in [0.25, 0.3) is 0 Å². The molecule has 2 aliphatic rings. The van der Waals surface area contributed by atoms with E-state index in [4.69, 9.17) is 0 Å². The van der Waals surface area contributed by atoms with Gasteiger partial charge >= 0.3 is 5.97 Å². The van der Waals surface area contributed by atoms with E-state index in [2.05, 4.69) is 4.74 Å². The molecule has 2 fully saturated rings. The molecule has 1 aromatic heterocycles. The number of nitrogens with zero attached hydrogens (tertiary/aromatic N) is 3. The number of fused-ring (bicyclic) bond motifs is 1. The molecule has 1 aromatic rings. The molecule has 0 spiro atoms. The first kappa shape index (κ1) is 17.8. The molecule has 0 aromatic carbocycles. The maximum Gasteiger partial charge on any atom is 0.349 e. The molecule has 25 heavy (non-hydrogen) atoms. The maximum atomic E-state index is 12.9. The van der Waals surface area contributed by atoms with E-state index in [9.17, 15) is 22.8 Å². The van der Waals surface area contributed by atoms with Gasteiger partial charge in [-0.3, -0.25) is 9.59 Å². The van der Waals surface area contributed by atoms with Crippen LogP contribution in [-0.2, 0) is 24.3 Å². The molecule has 0 N–H and O–H groups in total. The number of amides is 2. The number of sulfonamides is 1. The highest BCUT2D eigenvalue weighted by Crippen LogP contribution is 2.28. The second kappa shape index (κ2) is 6.39. The van der Waals surface area contributed by atoms with Crippen LogP contribution in [0.5, 0.6) is 0 Å². The Morgan fingerprint density at radius 3 is 2.72 bits per heavy atom. The summed E-state index contributed by atoms with van der Waals surface area (Å²) >= 11 is 0.977. The average Bonchev–Trinajstić information content (AvgIpc) is 3.09. The van der Waals surface area contributed by atoms with Crippen LogP contribution in [0.3, 0.4) is 0 Å². The van der Waals surface area contributed by atoms with Crippen molar-refractivity contribution in [2.24, 2.45) is 0 Å². The number of esters is 1. The molecule has 3 rings (SSSR count). The Labute approximate surface area is 148 Å². The predicted octanol–water partition coefficient (Wildman–Crippen LogP) is -0.792. The monoisotopic (exact) mass is 387 g/mol. The van der Waals surface area contributed by atoms with Crippen LogP contribution in [0.4, 0.5) is 0 Å². The van der Waals surface area contributed by atoms with E-state index in [-0.39, 0.29) is 47.8 Å². The summed E-state index contributed by atoms with van der Waals surface area (Å²) in [7, 11) is -1.29. The van der Waals surface area contributed by atoms with Gasteiger partial charge in [-0.1, -0.05) is 0 Å². The zero-order chi connectivity index (χ0) is 18.4. The molecule has 9 nitrogen and oxygen atoms in total. The van der Waals surface area contributed by atoms with E-state index in [0.29, 0.717) is 0 Å². The number of ether oxygens (including phenoxy) is 1. The number of thiophene rings is 1. The minimum absolute atomic E-state index is 0.000890. The van der Waals surface area contributed by atoms with E-state index in [1.807, 2.05) is 0 Å². The van der Waals surface area contributed by atoms with E-state index in [1.165, 1.54) is 35.4 Å². The van der Waals surface area contributed by atoms with E-state index >= 15 is 0 Å². The molecule has 2 saturated heterocycles. The molecule has 1 unspecified atom stereocenters. The van der Waals surface area contributed by atoms with Crippen molar-refractivity contribution in [1.29, 1.82) is 0 Å². The summed E-state index contributed by atoms with van der Waals surface area (Å²) in [4.78, 5) is 38.7. The van der Waals surface area contributed by atoms with Crippen molar-refractivity contribution in [2.45, 2.75) is 10.9 Å². The molecule has 11 heteroatoms. The molecule has 2 aliphatic heterocycles. The van der Waals surface area contributed by atoms with Crippen LogP contribution in [0, 0.1) is 0 Å². The van der Waals surface area contributed by atoms with Gasteiger partial charge in [-0.15, -0.1) is 11.3 Å². The largest absolute Gasteiger partial charge is 0.465 e. The van der Waals surface area contributed by atoms with Crippen molar-refractivity contribution in [1.82, 2.24) is 14.1 Å². The van der Waals surface area contributed by atoms with Gasteiger partial charge < -0.3 is 14.5 Å². The topological polar surface area (TPSA) is 104 Å². The normalized spacial score (nSPS) is 22.1. The molecule has 0 aliphatic carbocycles. The first-order chi connectivity index (χ1) is 11.8. The first-order valence-electron chi connectivity index (χ1n) is 7.47. The van der Waals surface area contributed by atoms with E-state index < -0.39 is 22.0 Å². The van der Waals surface area contributed by atoms with Gasteiger partial charge in [-0.25, -0.2) is 13.2 Å². The number of rotatable bonds is 3. The van der Waals surface area contributed by atoms with Crippen molar-refractivity contribution in [2.75, 3.05) is 40.3 Å². The highest BCUT2D eigenvalue weighted by molar-refractivity contribution is 7.89. The van der Waals surface area contributed by atoms with Crippen LogP contribution in [0.2, 0.25) is 0 Å². The fraction of sp³-hybridized carbons (Fsp3) is 0.500. The Morgan fingerprint density at radius 1 is 1.32 bits per heavy atom. The summed E-state index contributed by atoms with van der Waals surface area (Å²) in [5.41, 5.74) is 0. The maximum absolute atomic E-state index is 12.9. The lowest BCUT2D eigenvalue weighted by molar-refractivity contribution is -0.156. The highest BCUT2D eigenvalue weighted by atomic mass is 32.2. The Morgan fingerprint density at radius 2 is 2.04 bits per heavy atom. The first-order valence-corrected chi connectivity index (χ1v) is 9.79. The minimum Gasteiger partial charge on any atom is -0.465 e. The molecule has 0 bridgehead atoms. The standard InChI is InChI=1S/C14H17N3O6S2/c1-15-8-11(18)17-5-4-16(7-9(17)13(15)19)25(21,22)10-3-6-24-12(10)14(20)23-2/h3,6,9H,4-5,7-8H2,1-2H3. The molecular formula is C14H17N3O6S2. The fourth-order valence-electron chi connectivity index (χ4n) is 2.99. The van der Waals surface area contributed by atoms with Gasteiger partial charge in [0, 0.05) is 26.7 Å². The molecule has 1 atom stereocenters. The van der Waals surface area contributed by atoms with Gasteiger partial charge in [0.05, 0.1) is 13.7 Å². The lowest BCUT2D eigenvalue weighted by Crippen LogP contribution is -2.66. The van der Waals surface area contributed by atoms with Crippen molar-refractivity contribution >= 4 is 39.1 Å². The lowest BCUT2D eigenvalue weighted by atomic mass is 10.1. The van der Waals surface area contributed by atoms with Crippen molar-refractivity contribution in [3.8, 4) is 0 Å². The van der Waals surface area contributed by atoms with Gasteiger partial charge in [0.2, 0.25) is 21.8 Å². The lowest BCUT2D eigenvalue weighted by Gasteiger charge is -2.44. The second-order valence-electron chi connectivity index (χ2n) is 5.77. The molecule has 136 valence electrons. The Kier molecular flexibility index (Phi) is 4.56. The number of piperazine rings is 2.